The predicted octanol–water partition coefficient (Wildman–Crippen LogP) is 0.984. The molecule has 4 atom stereocenters. The van der Waals surface area contributed by atoms with E-state index in [2.05, 4.69) is 10.6 Å². The van der Waals surface area contributed by atoms with Crippen molar-refractivity contribution in [2.75, 3.05) is 19.6 Å². The molecule has 2 heteroatoms. The van der Waals surface area contributed by atoms with Crippen LogP contribution >= 0.6 is 0 Å². The van der Waals surface area contributed by atoms with E-state index >= 15 is 0 Å². The molecule has 2 nitrogen and oxygen atoms in total. The highest BCUT2D eigenvalue weighted by molar-refractivity contribution is 4.98. The van der Waals surface area contributed by atoms with Crippen LogP contribution in [0.1, 0.15) is 25.7 Å². The molecule has 4 unspecified atom stereocenters. The molecule has 13 heavy (non-hydrogen) atoms. The molecule has 1 saturated carbocycles. The van der Waals surface area contributed by atoms with Crippen LogP contribution in [0.5, 0.6) is 0 Å². The van der Waals surface area contributed by atoms with E-state index in [4.69, 9.17) is 0 Å². The van der Waals surface area contributed by atoms with Crippen molar-refractivity contribution < 1.29 is 0 Å². The molecule has 0 radical (unpaired) electrons. The molecule has 2 N–H and O–H groups in total. The molecule has 0 aromatic heterocycles. The van der Waals surface area contributed by atoms with Crippen LogP contribution < -0.4 is 10.6 Å². The van der Waals surface area contributed by atoms with E-state index in [1.165, 1.54) is 45.3 Å². The third kappa shape index (κ3) is 1.31. The molecule has 74 valence electrons. The van der Waals surface area contributed by atoms with E-state index in [0.29, 0.717) is 0 Å². The van der Waals surface area contributed by atoms with Gasteiger partial charge in [0.05, 0.1) is 0 Å². The summed E-state index contributed by atoms with van der Waals surface area (Å²) in [5.41, 5.74) is 0. The van der Waals surface area contributed by atoms with Crippen molar-refractivity contribution in [3.63, 3.8) is 0 Å². The average Bonchev–Trinajstić information content (AvgIpc) is 2.65. The zero-order valence-corrected chi connectivity index (χ0v) is 8.26. The molecule has 1 aliphatic carbocycles. The zero-order valence-electron chi connectivity index (χ0n) is 8.26. The van der Waals surface area contributed by atoms with Gasteiger partial charge in [-0.2, -0.15) is 0 Å². The third-order valence-electron chi connectivity index (χ3n) is 4.40. The lowest BCUT2D eigenvalue weighted by Crippen LogP contribution is -2.51. The standard InChI is InChI=1S/C11H20N2/c1-2-8-3-4-9-6-12-7-10(9)11(8)13-5-1/h8-13H,1-7H2. The van der Waals surface area contributed by atoms with Crippen LogP contribution in [-0.4, -0.2) is 25.7 Å². The highest BCUT2D eigenvalue weighted by atomic mass is 15.0. The summed E-state index contributed by atoms with van der Waals surface area (Å²) in [6.07, 6.45) is 5.87. The summed E-state index contributed by atoms with van der Waals surface area (Å²) in [5.74, 6) is 2.96. The minimum atomic E-state index is 0.863. The van der Waals surface area contributed by atoms with Gasteiger partial charge in [-0.3, -0.25) is 0 Å². The largest absolute Gasteiger partial charge is 0.316 e. The summed E-state index contributed by atoms with van der Waals surface area (Å²) in [6.45, 7) is 3.83. The van der Waals surface area contributed by atoms with E-state index in [1.54, 1.807) is 0 Å². The number of rotatable bonds is 0. The maximum atomic E-state index is 3.75. The fourth-order valence-electron chi connectivity index (χ4n) is 3.72. The zero-order chi connectivity index (χ0) is 8.67. The van der Waals surface area contributed by atoms with E-state index in [9.17, 15) is 0 Å². The molecular weight excluding hydrogens is 160 g/mol. The van der Waals surface area contributed by atoms with Gasteiger partial charge in [0, 0.05) is 6.04 Å². The Hall–Kier alpha value is -0.0800. The lowest BCUT2D eigenvalue weighted by molar-refractivity contribution is 0.123. The molecule has 3 aliphatic rings. The van der Waals surface area contributed by atoms with Gasteiger partial charge in [0.25, 0.3) is 0 Å². The van der Waals surface area contributed by atoms with E-state index in [0.717, 1.165) is 23.8 Å². The first kappa shape index (κ1) is 8.25. The first-order chi connectivity index (χ1) is 6.45. The number of hydrogen-bond acceptors (Lipinski definition) is 2. The maximum absolute atomic E-state index is 3.75. The Morgan fingerprint density at radius 2 is 1.85 bits per heavy atom. The minimum absolute atomic E-state index is 0.863. The highest BCUT2D eigenvalue weighted by Gasteiger charge is 2.42. The molecule has 2 aliphatic heterocycles. The smallest absolute Gasteiger partial charge is 0.0139 e. The van der Waals surface area contributed by atoms with Crippen LogP contribution in [0.25, 0.3) is 0 Å². The molecule has 0 spiro atoms. The van der Waals surface area contributed by atoms with Crippen LogP contribution in [0.4, 0.5) is 0 Å². The third-order valence-corrected chi connectivity index (χ3v) is 4.40. The van der Waals surface area contributed by atoms with Gasteiger partial charge < -0.3 is 10.6 Å². The normalized spacial score (nSPS) is 49.8. The summed E-state index contributed by atoms with van der Waals surface area (Å²) in [4.78, 5) is 0. The molecule has 0 amide bonds. The van der Waals surface area contributed by atoms with E-state index in [-0.39, 0.29) is 0 Å². The first-order valence-electron chi connectivity index (χ1n) is 5.89. The van der Waals surface area contributed by atoms with Gasteiger partial charge >= 0.3 is 0 Å². The van der Waals surface area contributed by atoms with Gasteiger partial charge in [-0.05, 0) is 63.1 Å². The number of nitrogens with one attached hydrogen (secondary N) is 2. The van der Waals surface area contributed by atoms with E-state index in [1.807, 2.05) is 0 Å². The second-order valence-electron chi connectivity index (χ2n) is 5.04. The van der Waals surface area contributed by atoms with Gasteiger partial charge in [-0.1, -0.05) is 0 Å². The molecular formula is C11H20N2. The Kier molecular flexibility index (Phi) is 2.06. The first-order valence-corrected chi connectivity index (χ1v) is 5.89. The molecule has 0 aromatic carbocycles. The maximum Gasteiger partial charge on any atom is 0.0139 e. The second kappa shape index (κ2) is 3.25. The van der Waals surface area contributed by atoms with Crippen LogP contribution in [0.15, 0.2) is 0 Å². The number of piperidine rings is 1. The lowest BCUT2D eigenvalue weighted by Gasteiger charge is -2.43. The fourth-order valence-corrected chi connectivity index (χ4v) is 3.72. The summed E-state index contributed by atoms with van der Waals surface area (Å²) in [6, 6.07) is 0.863. The van der Waals surface area contributed by atoms with Crippen molar-refractivity contribution in [3.05, 3.63) is 0 Å². The minimum Gasteiger partial charge on any atom is -0.316 e. The van der Waals surface area contributed by atoms with Crippen LogP contribution in [-0.2, 0) is 0 Å². The summed E-state index contributed by atoms with van der Waals surface area (Å²) < 4.78 is 0. The molecule has 2 saturated heterocycles. The van der Waals surface area contributed by atoms with Crippen LogP contribution in [0, 0.1) is 17.8 Å². The molecule has 0 bridgehead atoms. The van der Waals surface area contributed by atoms with Gasteiger partial charge in [0.15, 0.2) is 0 Å². The Morgan fingerprint density at radius 1 is 0.923 bits per heavy atom. The monoisotopic (exact) mass is 180 g/mol. The Balaban J connectivity index is 1.77. The van der Waals surface area contributed by atoms with Crippen molar-refractivity contribution in [3.8, 4) is 0 Å². The van der Waals surface area contributed by atoms with Gasteiger partial charge in [-0.15, -0.1) is 0 Å². The second-order valence-corrected chi connectivity index (χ2v) is 5.04. The van der Waals surface area contributed by atoms with Crippen molar-refractivity contribution in [1.29, 1.82) is 0 Å². The van der Waals surface area contributed by atoms with Crippen LogP contribution in [0.2, 0.25) is 0 Å². The van der Waals surface area contributed by atoms with E-state index < -0.39 is 0 Å². The van der Waals surface area contributed by atoms with Gasteiger partial charge in [0.1, 0.15) is 0 Å². The summed E-state index contributed by atoms with van der Waals surface area (Å²) in [5, 5.41) is 7.31. The highest BCUT2D eigenvalue weighted by Crippen LogP contribution is 2.39. The molecule has 3 rings (SSSR count). The van der Waals surface area contributed by atoms with Crippen molar-refractivity contribution >= 4 is 0 Å². The predicted molar refractivity (Wildman–Crippen MR) is 53.6 cm³/mol. The molecule has 3 fully saturated rings. The number of hydrogen-bond donors (Lipinski definition) is 2. The van der Waals surface area contributed by atoms with Gasteiger partial charge in [0.2, 0.25) is 0 Å². The number of fused-ring (bicyclic) bond motifs is 3. The van der Waals surface area contributed by atoms with Crippen molar-refractivity contribution in [2.24, 2.45) is 17.8 Å². The fraction of sp³-hybridized carbons (Fsp3) is 1.00. The van der Waals surface area contributed by atoms with Gasteiger partial charge in [-0.25, -0.2) is 0 Å². The Morgan fingerprint density at radius 3 is 2.85 bits per heavy atom. The quantitative estimate of drug-likeness (QED) is 0.581. The summed E-state index contributed by atoms with van der Waals surface area (Å²) >= 11 is 0. The Labute approximate surface area is 80.5 Å². The molecule has 2 heterocycles. The topological polar surface area (TPSA) is 24.1 Å². The molecule has 0 aromatic rings. The van der Waals surface area contributed by atoms with Crippen molar-refractivity contribution in [1.82, 2.24) is 10.6 Å². The average molecular weight is 180 g/mol. The SMILES string of the molecule is C1CNC2C(C1)CCC1CNCC12. The van der Waals surface area contributed by atoms with Crippen molar-refractivity contribution in [2.45, 2.75) is 31.7 Å². The Bertz CT molecular complexity index is 193. The summed E-state index contributed by atoms with van der Waals surface area (Å²) in [7, 11) is 0. The lowest BCUT2D eigenvalue weighted by atomic mass is 9.69. The van der Waals surface area contributed by atoms with Crippen LogP contribution in [0.3, 0.4) is 0 Å².